The second kappa shape index (κ2) is 8.23. The Morgan fingerprint density at radius 2 is 1.96 bits per heavy atom. The average molecular weight is 403 g/mol. The minimum Gasteiger partial charge on any atom is -0.494 e. The highest BCUT2D eigenvalue weighted by Crippen LogP contribution is 2.42. The van der Waals surface area contributed by atoms with E-state index in [0.717, 1.165) is 37.2 Å². The number of rotatable bonds is 6. The number of likely N-dealkylation sites (tertiary alicyclic amines) is 1. The summed E-state index contributed by atoms with van der Waals surface area (Å²) in [5.41, 5.74) is 1.08. The van der Waals surface area contributed by atoms with Crippen LogP contribution in [0.3, 0.4) is 0 Å². The zero-order chi connectivity index (χ0) is 19.7. The van der Waals surface area contributed by atoms with Crippen LogP contribution in [0.2, 0.25) is 0 Å². The third kappa shape index (κ3) is 3.68. The van der Waals surface area contributed by atoms with Crippen LogP contribution in [-0.4, -0.2) is 61.7 Å². The number of aliphatic hydroxyl groups excluding tert-OH is 1. The molecule has 2 aliphatic rings. The fourth-order valence-corrected chi connectivity index (χ4v) is 5.14. The number of aliphatic hydroxyl groups is 1. The maximum Gasteiger partial charge on any atom is 0.264 e. The number of nitrogens with zero attached hydrogens (tertiary/aromatic N) is 4. The lowest BCUT2D eigenvalue weighted by molar-refractivity contribution is 0.0551. The van der Waals surface area contributed by atoms with E-state index in [1.807, 2.05) is 38.1 Å². The number of aromatic nitrogens is 3. The topological polar surface area (TPSA) is 80.5 Å². The van der Waals surface area contributed by atoms with Crippen molar-refractivity contribution in [3.05, 3.63) is 35.7 Å². The summed E-state index contributed by atoms with van der Waals surface area (Å²) in [6, 6.07) is 7.91. The number of hydrogen-bond donors (Lipinski definition) is 1. The van der Waals surface area contributed by atoms with Gasteiger partial charge in [0.15, 0.2) is 11.0 Å². The molecular weight excluding hydrogens is 376 g/mol. The molecule has 0 saturated carbocycles. The van der Waals surface area contributed by atoms with Gasteiger partial charge in [-0.2, -0.15) is 4.68 Å². The molecule has 2 unspecified atom stereocenters. The van der Waals surface area contributed by atoms with Gasteiger partial charge in [-0.3, -0.25) is 9.69 Å². The van der Waals surface area contributed by atoms with Gasteiger partial charge in [-0.25, -0.2) is 4.98 Å². The molecule has 0 aliphatic carbocycles. The molecule has 0 amide bonds. The van der Waals surface area contributed by atoms with Crippen molar-refractivity contribution >= 4 is 17.7 Å². The van der Waals surface area contributed by atoms with E-state index < -0.39 is 0 Å². The van der Waals surface area contributed by atoms with E-state index in [4.69, 9.17) is 4.74 Å². The number of aryl methyl sites for hydroxylation is 1. The smallest absolute Gasteiger partial charge is 0.264 e. The summed E-state index contributed by atoms with van der Waals surface area (Å²) in [7, 11) is 0. The number of thioether (sulfide) groups is 1. The Bertz CT molecular complexity index is 830. The van der Waals surface area contributed by atoms with Crippen molar-refractivity contribution in [1.29, 1.82) is 0 Å². The Labute approximate surface area is 169 Å². The van der Waals surface area contributed by atoms with Gasteiger partial charge in [-0.05, 0) is 37.5 Å². The predicted octanol–water partition coefficient (Wildman–Crippen LogP) is 2.55. The molecule has 0 bridgehead atoms. The van der Waals surface area contributed by atoms with Gasteiger partial charge in [-0.15, -0.1) is 5.10 Å². The molecular formula is C20H26N4O3S. The Morgan fingerprint density at radius 1 is 1.25 bits per heavy atom. The summed E-state index contributed by atoms with van der Waals surface area (Å²) in [5, 5.41) is 14.7. The van der Waals surface area contributed by atoms with Gasteiger partial charge in [0, 0.05) is 19.5 Å². The molecule has 1 fully saturated rings. The summed E-state index contributed by atoms with van der Waals surface area (Å²) in [6.45, 7) is 6.09. The third-order valence-corrected chi connectivity index (χ3v) is 6.52. The van der Waals surface area contributed by atoms with E-state index in [2.05, 4.69) is 15.0 Å². The molecule has 1 aromatic carbocycles. The summed E-state index contributed by atoms with van der Waals surface area (Å²) < 4.78 is 7.03. The normalized spacial score (nSPS) is 21.7. The highest BCUT2D eigenvalue weighted by atomic mass is 32.2. The van der Waals surface area contributed by atoms with E-state index in [9.17, 15) is 9.90 Å². The van der Waals surface area contributed by atoms with E-state index in [0.29, 0.717) is 24.0 Å². The van der Waals surface area contributed by atoms with Crippen molar-refractivity contribution in [3.8, 4) is 5.75 Å². The summed E-state index contributed by atoms with van der Waals surface area (Å²) in [5.74, 6) is 1.51. The quantitative estimate of drug-likeness (QED) is 0.795. The summed E-state index contributed by atoms with van der Waals surface area (Å²) in [6.07, 6.45) is 1.91. The second-order valence-corrected chi connectivity index (χ2v) is 8.28. The number of fused-ring (bicyclic) bond motifs is 1. The minimum absolute atomic E-state index is 0.0165. The number of carbonyl (C=O) groups is 1. The first-order valence-corrected chi connectivity index (χ1v) is 10.8. The predicted molar refractivity (Wildman–Crippen MR) is 107 cm³/mol. The number of hydrogen-bond acceptors (Lipinski definition) is 7. The number of benzene rings is 1. The van der Waals surface area contributed by atoms with E-state index in [1.54, 1.807) is 0 Å². The monoisotopic (exact) mass is 402 g/mol. The second-order valence-electron chi connectivity index (χ2n) is 7.17. The lowest BCUT2D eigenvalue weighted by Crippen LogP contribution is -2.44. The summed E-state index contributed by atoms with van der Waals surface area (Å²) in [4.78, 5) is 20.0. The Morgan fingerprint density at radius 3 is 2.57 bits per heavy atom. The Balaban J connectivity index is 1.63. The first-order chi connectivity index (χ1) is 13.6. The SMILES string of the molecule is CCOc1ccc(C(C2Sc3nc(CC)nn3C2=O)N2CCC(O)CC2)cc1. The highest BCUT2D eigenvalue weighted by Gasteiger charge is 2.43. The van der Waals surface area contributed by atoms with Crippen LogP contribution in [0, 0.1) is 0 Å². The minimum atomic E-state index is -0.297. The maximum atomic E-state index is 13.2. The van der Waals surface area contributed by atoms with Crippen molar-refractivity contribution in [2.75, 3.05) is 19.7 Å². The Kier molecular flexibility index (Phi) is 5.70. The number of carbonyl (C=O) groups excluding carboxylic acids is 1. The molecule has 2 aromatic rings. The third-order valence-electron chi connectivity index (χ3n) is 5.33. The van der Waals surface area contributed by atoms with Crippen molar-refractivity contribution in [2.45, 2.75) is 55.7 Å². The van der Waals surface area contributed by atoms with Gasteiger partial charge >= 0.3 is 0 Å². The van der Waals surface area contributed by atoms with Gasteiger partial charge in [0.1, 0.15) is 11.0 Å². The van der Waals surface area contributed by atoms with Crippen LogP contribution in [0.1, 0.15) is 48.9 Å². The van der Waals surface area contributed by atoms with E-state index in [1.165, 1.54) is 16.4 Å². The molecule has 150 valence electrons. The van der Waals surface area contributed by atoms with Gasteiger partial charge < -0.3 is 9.84 Å². The lowest BCUT2D eigenvalue weighted by Gasteiger charge is -2.38. The molecule has 4 rings (SSSR count). The molecule has 2 atom stereocenters. The molecule has 0 spiro atoms. The highest BCUT2D eigenvalue weighted by molar-refractivity contribution is 8.00. The van der Waals surface area contributed by atoms with E-state index >= 15 is 0 Å². The van der Waals surface area contributed by atoms with Gasteiger partial charge in [0.25, 0.3) is 5.91 Å². The molecule has 7 nitrogen and oxygen atoms in total. The van der Waals surface area contributed by atoms with Crippen LogP contribution in [0.5, 0.6) is 5.75 Å². The molecule has 0 radical (unpaired) electrons. The maximum absolute atomic E-state index is 13.2. The van der Waals surface area contributed by atoms with Gasteiger partial charge in [0.2, 0.25) is 0 Å². The van der Waals surface area contributed by atoms with Crippen molar-refractivity contribution in [2.24, 2.45) is 0 Å². The number of piperidine rings is 1. The summed E-state index contributed by atoms with van der Waals surface area (Å²) >= 11 is 1.50. The van der Waals surface area contributed by atoms with Crippen molar-refractivity contribution < 1.29 is 14.6 Å². The molecule has 28 heavy (non-hydrogen) atoms. The van der Waals surface area contributed by atoms with E-state index in [-0.39, 0.29) is 23.3 Å². The number of ether oxygens (including phenoxy) is 1. The zero-order valence-electron chi connectivity index (χ0n) is 16.2. The standard InChI is InChI=1S/C20H26N4O3S/c1-3-16-21-20-24(22-16)19(26)18(28-20)17(23-11-9-14(25)10-12-23)13-5-7-15(8-6-13)27-4-2/h5-8,14,17-18,25H,3-4,9-12H2,1-2H3. The van der Waals surface area contributed by atoms with Crippen LogP contribution in [0.15, 0.2) is 29.4 Å². The van der Waals surface area contributed by atoms with Gasteiger partial charge in [0.05, 0.1) is 18.8 Å². The van der Waals surface area contributed by atoms with Crippen molar-refractivity contribution in [3.63, 3.8) is 0 Å². The molecule has 3 heterocycles. The first-order valence-electron chi connectivity index (χ1n) is 9.92. The average Bonchev–Trinajstić information content (AvgIpc) is 3.24. The molecule has 1 N–H and O–H groups in total. The largest absolute Gasteiger partial charge is 0.494 e. The fourth-order valence-electron chi connectivity index (χ4n) is 3.86. The molecule has 1 aromatic heterocycles. The van der Waals surface area contributed by atoms with Crippen LogP contribution >= 0.6 is 11.8 Å². The van der Waals surface area contributed by atoms with Crippen LogP contribution in [0.25, 0.3) is 0 Å². The lowest BCUT2D eigenvalue weighted by atomic mass is 9.97. The molecule has 2 aliphatic heterocycles. The zero-order valence-corrected chi connectivity index (χ0v) is 17.1. The van der Waals surface area contributed by atoms with Crippen LogP contribution < -0.4 is 4.74 Å². The molecule has 1 saturated heterocycles. The first kappa shape index (κ1) is 19.4. The molecule has 8 heteroatoms. The van der Waals surface area contributed by atoms with Crippen LogP contribution in [-0.2, 0) is 6.42 Å². The Hall–Kier alpha value is -1.90. The van der Waals surface area contributed by atoms with Gasteiger partial charge in [-0.1, -0.05) is 30.8 Å². The van der Waals surface area contributed by atoms with Crippen molar-refractivity contribution in [1.82, 2.24) is 19.7 Å². The van der Waals surface area contributed by atoms with Crippen LogP contribution in [0.4, 0.5) is 0 Å². The fraction of sp³-hybridized carbons (Fsp3) is 0.550.